The highest BCUT2D eigenvalue weighted by atomic mass is 35.5. The van der Waals surface area contributed by atoms with Crippen LogP contribution in [0.1, 0.15) is 99.8 Å². The number of carbonyl (C=O) groups excluding carboxylic acids is 2. The summed E-state index contributed by atoms with van der Waals surface area (Å²) in [6, 6.07) is 3.63. The normalized spacial score (nSPS) is 21.2. The van der Waals surface area contributed by atoms with E-state index in [1.54, 1.807) is 6.07 Å². The van der Waals surface area contributed by atoms with Gasteiger partial charge in [-0.2, -0.15) is 0 Å². The summed E-state index contributed by atoms with van der Waals surface area (Å²) in [5.41, 5.74) is 1.77. The highest BCUT2D eigenvalue weighted by molar-refractivity contribution is 6.38. The third-order valence-corrected chi connectivity index (χ3v) is 9.82. The van der Waals surface area contributed by atoms with Gasteiger partial charge in [-0.1, -0.05) is 81.5 Å². The molecule has 2 aliphatic heterocycles. The number of carbonyl (C=O) groups is 2. The maximum Gasteiger partial charge on any atom is 0.310 e. The fourth-order valence-corrected chi connectivity index (χ4v) is 7.66. The molecule has 0 unspecified atom stereocenters. The van der Waals surface area contributed by atoms with Crippen LogP contribution in [0.2, 0.25) is 10.0 Å². The average molecular weight is 666 g/mol. The summed E-state index contributed by atoms with van der Waals surface area (Å²) in [6.45, 7) is 2.34. The second-order valence-electron chi connectivity index (χ2n) is 11.8. The van der Waals surface area contributed by atoms with Crippen LogP contribution in [-0.2, 0) is 19.1 Å². The van der Waals surface area contributed by atoms with Crippen LogP contribution in [-0.4, -0.2) is 46.7 Å². The summed E-state index contributed by atoms with van der Waals surface area (Å²) in [5.74, 6) is -1.01. The predicted octanol–water partition coefficient (Wildman–Crippen LogP) is 8.19. The number of hydrogen-bond acceptors (Lipinski definition) is 9. The second-order valence-corrected chi connectivity index (χ2v) is 12.5. The Morgan fingerprint density at radius 1 is 0.800 bits per heavy atom. The number of ether oxygens (including phenoxy) is 7. The molecule has 5 rings (SSSR count). The Morgan fingerprint density at radius 3 is 1.93 bits per heavy atom. The van der Waals surface area contributed by atoms with Gasteiger partial charge in [0, 0.05) is 29.4 Å². The summed E-state index contributed by atoms with van der Waals surface area (Å²) in [7, 11) is 4.38. The first-order valence-electron chi connectivity index (χ1n) is 15.8. The van der Waals surface area contributed by atoms with Gasteiger partial charge in [-0.3, -0.25) is 9.59 Å². The molecule has 9 nitrogen and oxygen atoms in total. The molecule has 0 amide bonds. The van der Waals surface area contributed by atoms with Gasteiger partial charge in [0.05, 0.1) is 43.9 Å². The lowest BCUT2D eigenvalue weighted by Crippen LogP contribution is -2.37. The maximum absolute atomic E-state index is 13.5. The standard InChI is InChI=1S/C34H42Cl2O9/c1-5-6-7-8-9-10-11-12-13-14-24(37)45-30-20-16-23-22(43-18-44-23)15-19(20)25(26-21(30)17-42-34(26)38)27-28(35)31(39-2)33(41-4)32(40-3)29(27)36/h15-16,21,25-26,30H,5-14,17-18H2,1-4H3/t21-,25+,26-,30-/m0/s1. The molecule has 1 saturated heterocycles. The van der Waals surface area contributed by atoms with Crippen molar-refractivity contribution in [1.82, 2.24) is 0 Å². The zero-order chi connectivity index (χ0) is 32.1. The first kappa shape index (κ1) is 33.3. The van der Waals surface area contributed by atoms with E-state index in [0.717, 1.165) is 19.3 Å². The first-order valence-corrected chi connectivity index (χ1v) is 16.6. The molecule has 11 heteroatoms. The Balaban J connectivity index is 1.46. The quantitative estimate of drug-likeness (QED) is 0.138. The topological polar surface area (TPSA) is 98.8 Å². The van der Waals surface area contributed by atoms with Crippen molar-refractivity contribution in [2.75, 3.05) is 34.7 Å². The molecule has 45 heavy (non-hydrogen) atoms. The molecule has 1 fully saturated rings. The molecule has 0 aromatic heterocycles. The third-order valence-electron chi connectivity index (χ3n) is 9.07. The number of methoxy groups -OCH3 is 3. The summed E-state index contributed by atoms with van der Waals surface area (Å²) in [5, 5.41) is 0.348. The van der Waals surface area contributed by atoms with E-state index in [0.29, 0.717) is 34.6 Å². The van der Waals surface area contributed by atoms with E-state index in [9.17, 15) is 9.59 Å². The molecular formula is C34H42Cl2O9. The highest BCUT2D eigenvalue weighted by Gasteiger charge is 2.55. The summed E-state index contributed by atoms with van der Waals surface area (Å²) >= 11 is 14.0. The van der Waals surface area contributed by atoms with Crippen molar-refractivity contribution in [3.63, 3.8) is 0 Å². The van der Waals surface area contributed by atoms with Crippen LogP contribution in [0.25, 0.3) is 0 Å². The minimum Gasteiger partial charge on any atom is -0.491 e. The smallest absolute Gasteiger partial charge is 0.310 e. The van der Waals surface area contributed by atoms with Crippen molar-refractivity contribution in [2.24, 2.45) is 11.8 Å². The Kier molecular flexibility index (Phi) is 11.1. The molecule has 0 bridgehead atoms. The molecule has 3 aliphatic rings. The van der Waals surface area contributed by atoms with E-state index in [1.165, 1.54) is 59.9 Å². The van der Waals surface area contributed by atoms with Crippen molar-refractivity contribution in [3.05, 3.63) is 38.9 Å². The Labute approximate surface area is 274 Å². The highest BCUT2D eigenvalue weighted by Crippen LogP contribution is 2.60. The molecule has 2 aromatic rings. The molecule has 246 valence electrons. The van der Waals surface area contributed by atoms with E-state index in [2.05, 4.69) is 6.92 Å². The van der Waals surface area contributed by atoms with Gasteiger partial charge in [-0.05, 0) is 24.1 Å². The Hall–Kier alpha value is -3.04. The molecule has 0 N–H and O–H groups in total. The van der Waals surface area contributed by atoms with Gasteiger partial charge >= 0.3 is 11.9 Å². The van der Waals surface area contributed by atoms with Gasteiger partial charge in [0.15, 0.2) is 23.0 Å². The number of halogens is 2. The van der Waals surface area contributed by atoms with Gasteiger partial charge in [0.2, 0.25) is 12.5 Å². The number of unbranched alkanes of at least 4 members (excludes halogenated alkanes) is 8. The van der Waals surface area contributed by atoms with E-state index in [1.807, 2.05) is 6.07 Å². The fourth-order valence-electron chi connectivity index (χ4n) is 6.86. The van der Waals surface area contributed by atoms with E-state index >= 15 is 0 Å². The van der Waals surface area contributed by atoms with Gasteiger partial charge in [0.25, 0.3) is 0 Å². The lowest BCUT2D eigenvalue weighted by atomic mass is 9.66. The SMILES string of the molecule is CCCCCCCCCCCC(=O)O[C@H]1c2cc3c(cc2[C@@H](c2c(Cl)c(OC)c(OC)c(OC)c2Cl)[C@H]2C(=O)OC[C@@H]21)OCO3. The summed E-state index contributed by atoms with van der Waals surface area (Å²) in [6.07, 6.45) is 9.88. The van der Waals surface area contributed by atoms with E-state index < -0.39 is 29.8 Å². The van der Waals surface area contributed by atoms with Crippen LogP contribution in [0.4, 0.5) is 0 Å². The fraction of sp³-hybridized carbons (Fsp3) is 0.588. The van der Waals surface area contributed by atoms with Crippen LogP contribution >= 0.6 is 23.2 Å². The van der Waals surface area contributed by atoms with Crippen molar-refractivity contribution in [3.8, 4) is 28.7 Å². The lowest BCUT2D eigenvalue weighted by Gasteiger charge is -2.39. The second kappa shape index (κ2) is 15.0. The van der Waals surface area contributed by atoms with Crippen LogP contribution in [0.3, 0.4) is 0 Å². The maximum atomic E-state index is 13.5. The molecule has 0 spiro atoms. The molecule has 1 aliphatic carbocycles. The summed E-state index contributed by atoms with van der Waals surface area (Å²) < 4.78 is 40.0. The first-order chi connectivity index (χ1) is 21.9. The van der Waals surface area contributed by atoms with Gasteiger partial charge in [-0.25, -0.2) is 0 Å². The minimum absolute atomic E-state index is 0.0482. The molecule has 0 radical (unpaired) electrons. The monoisotopic (exact) mass is 664 g/mol. The van der Waals surface area contributed by atoms with Crippen molar-refractivity contribution >= 4 is 35.1 Å². The molecule has 2 heterocycles. The summed E-state index contributed by atoms with van der Waals surface area (Å²) in [4.78, 5) is 26.7. The van der Waals surface area contributed by atoms with Crippen LogP contribution in [0.15, 0.2) is 12.1 Å². The lowest BCUT2D eigenvalue weighted by molar-refractivity contribution is -0.154. The number of esters is 2. The number of fused-ring (bicyclic) bond motifs is 3. The molecular weight excluding hydrogens is 623 g/mol. The predicted molar refractivity (Wildman–Crippen MR) is 169 cm³/mol. The van der Waals surface area contributed by atoms with Crippen LogP contribution < -0.4 is 23.7 Å². The van der Waals surface area contributed by atoms with Gasteiger partial charge in [0.1, 0.15) is 6.10 Å². The zero-order valence-corrected chi connectivity index (χ0v) is 27.9. The van der Waals surface area contributed by atoms with Crippen molar-refractivity contribution in [1.29, 1.82) is 0 Å². The van der Waals surface area contributed by atoms with Crippen LogP contribution in [0, 0.1) is 11.8 Å². The van der Waals surface area contributed by atoms with Crippen LogP contribution in [0.5, 0.6) is 28.7 Å². The number of cyclic esters (lactones) is 1. The Morgan fingerprint density at radius 2 is 1.36 bits per heavy atom. The number of rotatable bonds is 15. The van der Waals surface area contributed by atoms with Crippen molar-refractivity contribution < 1.29 is 42.7 Å². The molecule has 0 saturated carbocycles. The largest absolute Gasteiger partial charge is 0.491 e. The zero-order valence-electron chi connectivity index (χ0n) is 26.4. The Bertz CT molecular complexity index is 1360. The number of benzene rings is 2. The van der Waals surface area contributed by atoms with E-state index in [-0.39, 0.29) is 46.7 Å². The van der Waals surface area contributed by atoms with Crippen molar-refractivity contribution in [2.45, 2.75) is 83.2 Å². The molecule has 2 aromatic carbocycles. The number of hydrogen-bond donors (Lipinski definition) is 0. The van der Waals surface area contributed by atoms with Gasteiger partial charge in [-0.15, -0.1) is 0 Å². The van der Waals surface area contributed by atoms with E-state index in [4.69, 9.17) is 56.4 Å². The molecule has 4 atom stereocenters. The average Bonchev–Trinajstić information content (AvgIpc) is 3.66. The third kappa shape index (κ3) is 6.61. The minimum atomic E-state index is -0.763. The van der Waals surface area contributed by atoms with Gasteiger partial charge < -0.3 is 33.2 Å².